The Morgan fingerprint density at radius 2 is 2.14 bits per heavy atom. The maximum Gasteiger partial charge on any atom is 0.313 e. The minimum Gasteiger partial charge on any atom is -0.469 e. The summed E-state index contributed by atoms with van der Waals surface area (Å²) in [7, 11) is 1.24. The van der Waals surface area contributed by atoms with Crippen LogP contribution in [0.4, 0.5) is 0 Å². The van der Waals surface area contributed by atoms with Crippen LogP contribution in [0.3, 0.4) is 0 Å². The van der Waals surface area contributed by atoms with Gasteiger partial charge in [-0.2, -0.15) is 0 Å². The number of aliphatic hydroxyl groups is 1. The number of nitrogens with zero attached hydrogens (tertiary/aromatic N) is 1. The molecule has 0 aliphatic rings. The van der Waals surface area contributed by atoms with Crippen LogP contribution in [-0.2, 0) is 20.7 Å². The van der Waals surface area contributed by atoms with Crippen molar-refractivity contribution < 1.29 is 19.4 Å². The van der Waals surface area contributed by atoms with E-state index in [-0.39, 0.29) is 24.5 Å². The molecule has 0 radical (unpaired) electrons. The summed E-state index contributed by atoms with van der Waals surface area (Å²) in [5.74, 6) is -0.951. The Labute approximate surface area is 129 Å². The molecule has 0 saturated carbocycles. The maximum absolute atomic E-state index is 11.9. The van der Waals surface area contributed by atoms with Gasteiger partial charge in [-0.25, -0.2) is 4.98 Å². The largest absolute Gasteiger partial charge is 0.469 e. The molecule has 0 aliphatic heterocycles. The predicted octanol–water partition coefficient (Wildman–Crippen LogP) is 2.29. The Morgan fingerprint density at radius 1 is 1.48 bits per heavy atom. The van der Waals surface area contributed by atoms with Gasteiger partial charge in [-0.3, -0.25) is 9.59 Å². The average molecular weight is 313 g/mol. The molecular weight excluding hydrogens is 290 g/mol. The van der Waals surface area contributed by atoms with Crippen molar-refractivity contribution in [3.63, 3.8) is 0 Å². The fraction of sp³-hybridized carbons (Fsp3) is 0.667. The second-order valence-electron chi connectivity index (χ2n) is 5.58. The summed E-state index contributed by atoms with van der Waals surface area (Å²) >= 11 is 1.57. The molecule has 0 fully saturated rings. The number of hydrogen-bond donors (Lipinski definition) is 1. The molecule has 1 heterocycles. The van der Waals surface area contributed by atoms with Crippen LogP contribution >= 0.6 is 11.3 Å². The second kappa shape index (κ2) is 7.66. The molecule has 0 amide bonds. The summed E-state index contributed by atoms with van der Waals surface area (Å²) in [6.45, 7) is 5.68. The molecular formula is C15H23NO4S. The van der Waals surface area contributed by atoms with Crippen LogP contribution in [0.2, 0.25) is 0 Å². The minimum absolute atomic E-state index is 0.0388. The zero-order valence-corrected chi connectivity index (χ0v) is 13.8. The van der Waals surface area contributed by atoms with E-state index in [1.165, 1.54) is 7.11 Å². The SMILES string of the molecule is COC(=O)CC(=O)CC(O)(CCc1csc(C)n1)C(C)C. The first kappa shape index (κ1) is 17.8. The van der Waals surface area contributed by atoms with Crippen LogP contribution in [0.5, 0.6) is 0 Å². The van der Waals surface area contributed by atoms with Crippen LogP contribution in [0.1, 0.15) is 43.8 Å². The van der Waals surface area contributed by atoms with Gasteiger partial charge >= 0.3 is 5.97 Å². The van der Waals surface area contributed by atoms with Crippen molar-refractivity contribution in [1.29, 1.82) is 0 Å². The maximum atomic E-state index is 11.9. The Morgan fingerprint density at radius 3 is 2.62 bits per heavy atom. The molecule has 1 aromatic heterocycles. The van der Waals surface area contributed by atoms with Gasteiger partial charge in [0, 0.05) is 11.8 Å². The number of ketones is 1. The zero-order chi connectivity index (χ0) is 16.0. The van der Waals surface area contributed by atoms with Gasteiger partial charge in [0.15, 0.2) is 0 Å². The lowest BCUT2D eigenvalue weighted by Crippen LogP contribution is -2.38. The molecule has 1 aromatic rings. The lowest BCUT2D eigenvalue weighted by atomic mass is 9.81. The van der Waals surface area contributed by atoms with Crippen molar-refractivity contribution in [3.8, 4) is 0 Å². The third-order valence-electron chi connectivity index (χ3n) is 3.63. The number of methoxy groups -OCH3 is 1. The van der Waals surface area contributed by atoms with Crippen molar-refractivity contribution in [1.82, 2.24) is 4.98 Å². The van der Waals surface area contributed by atoms with E-state index in [0.717, 1.165) is 10.7 Å². The Kier molecular flexibility index (Phi) is 6.48. The van der Waals surface area contributed by atoms with Crippen molar-refractivity contribution in [2.45, 2.75) is 52.1 Å². The highest BCUT2D eigenvalue weighted by atomic mass is 32.1. The van der Waals surface area contributed by atoms with Crippen LogP contribution in [0.25, 0.3) is 0 Å². The summed E-state index contributed by atoms with van der Waals surface area (Å²) in [4.78, 5) is 27.4. The topological polar surface area (TPSA) is 76.5 Å². The van der Waals surface area contributed by atoms with Gasteiger partial charge in [-0.15, -0.1) is 11.3 Å². The smallest absolute Gasteiger partial charge is 0.313 e. The monoisotopic (exact) mass is 313 g/mol. The van der Waals surface area contributed by atoms with Gasteiger partial charge in [0.25, 0.3) is 0 Å². The number of esters is 1. The highest BCUT2D eigenvalue weighted by Crippen LogP contribution is 2.28. The molecule has 21 heavy (non-hydrogen) atoms. The molecule has 1 rings (SSSR count). The number of hydrogen-bond acceptors (Lipinski definition) is 6. The first-order valence-electron chi connectivity index (χ1n) is 6.98. The van der Waals surface area contributed by atoms with E-state index in [1.807, 2.05) is 26.2 Å². The minimum atomic E-state index is -1.12. The number of rotatable bonds is 8. The van der Waals surface area contributed by atoms with Gasteiger partial charge in [-0.05, 0) is 25.7 Å². The molecule has 1 atom stereocenters. The number of carbonyl (C=O) groups is 2. The fourth-order valence-corrected chi connectivity index (χ4v) is 2.73. The predicted molar refractivity (Wildman–Crippen MR) is 81.2 cm³/mol. The number of ether oxygens (including phenoxy) is 1. The third-order valence-corrected chi connectivity index (χ3v) is 4.45. The highest BCUT2D eigenvalue weighted by molar-refractivity contribution is 7.09. The Hall–Kier alpha value is -1.27. The molecule has 6 heteroatoms. The normalized spacial score (nSPS) is 14.0. The number of aryl methyl sites for hydroxylation is 2. The van der Waals surface area contributed by atoms with Crippen LogP contribution in [0.15, 0.2) is 5.38 Å². The van der Waals surface area contributed by atoms with E-state index < -0.39 is 11.6 Å². The summed E-state index contributed by atoms with van der Waals surface area (Å²) in [6.07, 6.45) is 0.732. The molecule has 0 aliphatic carbocycles. The Balaban J connectivity index is 2.64. The number of thiazole rings is 1. The number of aromatic nitrogens is 1. The standard InChI is InChI=1S/C15H23NO4S/c1-10(2)15(19,8-13(17)7-14(18)20-4)6-5-12-9-21-11(3)16-12/h9-10,19H,5-8H2,1-4H3. The van der Waals surface area contributed by atoms with E-state index in [4.69, 9.17) is 0 Å². The summed E-state index contributed by atoms with van der Waals surface area (Å²) in [5.41, 5.74) is -0.195. The van der Waals surface area contributed by atoms with E-state index in [9.17, 15) is 14.7 Å². The molecule has 0 bridgehead atoms. The molecule has 5 nitrogen and oxygen atoms in total. The fourth-order valence-electron chi connectivity index (χ4n) is 2.09. The first-order chi connectivity index (χ1) is 9.76. The molecule has 118 valence electrons. The number of carbonyl (C=O) groups excluding carboxylic acids is 2. The second-order valence-corrected chi connectivity index (χ2v) is 6.65. The highest BCUT2D eigenvalue weighted by Gasteiger charge is 2.34. The summed E-state index contributed by atoms with van der Waals surface area (Å²) in [5, 5.41) is 13.7. The van der Waals surface area contributed by atoms with E-state index in [2.05, 4.69) is 9.72 Å². The van der Waals surface area contributed by atoms with E-state index in [1.54, 1.807) is 11.3 Å². The lowest BCUT2D eigenvalue weighted by molar-refractivity contribution is -0.144. The van der Waals surface area contributed by atoms with Crippen LogP contribution in [-0.4, -0.2) is 34.6 Å². The van der Waals surface area contributed by atoms with Gasteiger partial charge < -0.3 is 9.84 Å². The van der Waals surface area contributed by atoms with E-state index in [0.29, 0.717) is 12.8 Å². The van der Waals surface area contributed by atoms with Crippen LogP contribution in [0, 0.1) is 12.8 Å². The van der Waals surface area contributed by atoms with Crippen molar-refractivity contribution in [2.24, 2.45) is 5.92 Å². The lowest BCUT2D eigenvalue weighted by Gasteiger charge is -2.31. The number of Topliss-reactive ketones (excluding diaryl/α,β-unsaturated/α-hetero) is 1. The van der Waals surface area contributed by atoms with Crippen molar-refractivity contribution in [3.05, 3.63) is 16.1 Å². The quantitative estimate of drug-likeness (QED) is 0.588. The Bertz CT molecular complexity index is 498. The average Bonchev–Trinajstić information content (AvgIpc) is 2.81. The first-order valence-corrected chi connectivity index (χ1v) is 7.86. The van der Waals surface area contributed by atoms with E-state index >= 15 is 0 Å². The zero-order valence-electron chi connectivity index (χ0n) is 13.0. The summed E-state index contributed by atoms with van der Waals surface area (Å²) in [6, 6.07) is 0. The van der Waals surface area contributed by atoms with Crippen LogP contribution < -0.4 is 0 Å². The van der Waals surface area contributed by atoms with Crippen molar-refractivity contribution >= 4 is 23.1 Å². The van der Waals surface area contributed by atoms with Crippen molar-refractivity contribution in [2.75, 3.05) is 7.11 Å². The third kappa shape index (κ3) is 5.55. The van der Waals surface area contributed by atoms with Gasteiger partial charge in [0.2, 0.25) is 0 Å². The molecule has 0 saturated heterocycles. The molecule has 1 unspecified atom stereocenters. The van der Waals surface area contributed by atoms with Gasteiger partial charge in [-0.1, -0.05) is 13.8 Å². The van der Waals surface area contributed by atoms with Gasteiger partial charge in [0.05, 0.1) is 23.4 Å². The molecule has 1 N–H and O–H groups in total. The molecule has 0 aromatic carbocycles. The molecule has 0 spiro atoms. The van der Waals surface area contributed by atoms with Gasteiger partial charge in [0.1, 0.15) is 12.2 Å². The summed E-state index contributed by atoms with van der Waals surface area (Å²) < 4.78 is 4.48.